The predicted octanol–water partition coefficient (Wildman–Crippen LogP) is 5.19. The molecule has 0 saturated carbocycles. The van der Waals surface area contributed by atoms with E-state index < -0.39 is 11.5 Å². The number of aromatic nitrogens is 1. The van der Waals surface area contributed by atoms with Crippen LogP contribution in [-0.4, -0.2) is 52.0 Å². The second kappa shape index (κ2) is 15.8. The second-order valence-corrected chi connectivity index (χ2v) is 12.5. The van der Waals surface area contributed by atoms with E-state index in [0.29, 0.717) is 43.5 Å². The Morgan fingerprint density at radius 3 is 2.28 bits per heavy atom. The number of nitrogens with zero attached hydrogens (tertiary/aromatic N) is 2. The number of carbonyl (C=O) groups is 3. The molecule has 0 saturated heterocycles. The molecule has 4 aromatic rings. The van der Waals surface area contributed by atoms with Crippen molar-refractivity contribution >= 4 is 18.2 Å². The zero-order valence-electron chi connectivity index (χ0n) is 26.9. The Morgan fingerprint density at radius 1 is 0.913 bits per heavy atom. The maximum absolute atomic E-state index is 13.5. The van der Waals surface area contributed by atoms with Crippen molar-refractivity contribution in [2.45, 2.75) is 59.2 Å². The Morgan fingerprint density at radius 2 is 1.63 bits per heavy atom. The second-order valence-electron chi connectivity index (χ2n) is 12.5. The highest BCUT2D eigenvalue weighted by Gasteiger charge is 2.32. The van der Waals surface area contributed by atoms with E-state index in [1.54, 1.807) is 31.3 Å². The first kappa shape index (κ1) is 33.9. The molecule has 0 aliphatic carbocycles. The van der Waals surface area contributed by atoms with Gasteiger partial charge in [-0.05, 0) is 60.6 Å². The number of benzene rings is 3. The van der Waals surface area contributed by atoms with E-state index in [9.17, 15) is 19.5 Å². The first-order valence-electron chi connectivity index (χ1n) is 15.4. The molecule has 0 radical (unpaired) electrons. The number of amides is 3. The van der Waals surface area contributed by atoms with Crippen LogP contribution in [0.1, 0.15) is 54.2 Å². The molecular weight excluding hydrogens is 578 g/mol. The van der Waals surface area contributed by atoms with Gasteiger partial charge in [0.15, 0.2) is 0 Å². The van der Waals surface area contributed by atoms with Crippen LogP contribution >= 0.6 is 0 Å². The molecule has 9 heteroatoms. The number of hydrogen-bond donors (Lipinski definition) is 4. The van der Waals surface area contributed by atoms with Gasteiger partial charge < -0.3 is 15.7 Å². The first-order chi connectivity index (χ1) is 22.0. The average Bonchev–Trinajstić information content (AvgIpc) is 3.04. The molecular formula is C37H43N5O4. The Balaban J connectivity index is 1.57. The van der Waals surface area contributed by atoms with Crippen LogP contribution in [0.15, 0.2) is 97.2 Å². The molecule has 1 aromatic heterocycles. The van der Waals surface area contributed by atoms with Crippen LogP contribution in [0.4, 0.5) is 0 Å². The van der Waals surface area contributed by atoms with E-state index in [-0.39, 0.29) is 23.6 Å². The monoisotopic (exact) mass is 621 g/mol. The van der Waals surface area contributed by atoms with Crippen LogP contribution in [0.25, 0.3) is 11.3 Å². The third kappa shape index (κ3) is 9.49. The third-order valence-corrected chi connectivity index (χ3v) is 7.88. The maximum Gasteiger partial charge on any atom is 0.257 e. The van der Waals surface area contributed by atoms with Gasteiger partial charge in [-0.15, -0.1) is 0 Å². The Labute approximate surface area is 271 Å². The van der Waals surface area contributed by atoms with Crippen LogP contribution in [-0.2, 0) is 22.6 Å². The standard InChI is InChI=1S/C37H43N5O4/c1-26-31(13-10-15-33(26)44)35(45)40-30(23-27-11-6-5-7-12-27)20-22-42(41-36(46)34(39-25-43)37(2,3)4)24-28-16-18-29(19-17-28)32-14-8-9-21-38-32/h5-19,21,25,30,34,44H,20,22-24H2,1-4H3,(H,39,43)(H,40,45)(H,41,46)/t30-,34?/m1/s1. The molecule has 0 bridgehead atoms. The summed E-state index contributed by atoms with van der Waals surface area (Å²) in [6, 6.07) is 27.5. The van der Waals surface area contributed by atoms with Crippen molar-refractivity contribution < 1.29 is 19.5 Å². The van der Waals surface area contributed by atoms with Crippen LogP contribution in [0, 0.1) is 12.3 Å². The molecule has 0 fully saturated rings. The third-order valence-electron chi connectivity index (χ3n) is 7.88. The SMILES string of the molecule is Cc1c(O)cccc1C(=O)N[C@H](CCN(Cc1ccc(-c2ccccn2)cc1)NC(=O)C(NC=O)C(C)(C)C)Cc1ccccc1. The maximum atomic E-state index is 13.5. The highest BCUT2D eigenvalue weighted by Crippen LogP contribution is 2.22. The summed E-state index contributed by atoms with van der Waals surface area (Å²) >= 11 is 0. The smallest absolute Gasteiger partial charge is 0.257 e. The Bertz CT molecular complexity index is 1590. The normalized spacial score (nSPS) is 12.6. The summed E-state index contributed by atoms with van der Waals surface area (Å²) in [7, 11) is 0. The lowest BCUT2D eigenvalue weighted by Crippen LogP contribution is -2.56. The van der Waals surface area contributed by atoms with E-state index in [2.05, 4.69) is 21.0 Å². The molecule has 240 valence electrons. The van der Waals surface area contributed by atoms with E-state index in [4.69, 9.17) is 0 Å². The fraction of sp³-hybridized carbons (Fsp3) is 0.297. The molecule has 0 aliphatic rings. The largest absolute Gasteiger partial charge is 0.508 e. The molecule has 3 aromatic carbocycles. The lowest BCUT2D eigenvalue weighted by Gasteiger charge is -2.32. The van der Waals surface area contributed by atoms with Gasteiger partial charge in [-0.25, -0.2) is 5.01 Å². The minimum atomic E-state index is -0.757. The van der Waals surface area contributed by atoms with Crippen molar-refractivity contribution in [3.63, 3.8) is 0 Å². The van der Waals surface area contributed by atoms with E-state index >= 15 is 0 Å². The van der Waals surface area contributed by atoms with Crippen molar-refractivity contribution in [2.75, 3.05) is 6.54 Å². The van der Waals surface area contributed by atoms with Crippen molar-refractivity contribution in [2.24, 2.45) is 5.41 Å². The van der Waals surface area contributed by atoms with Gasteiger partial charge >= 0.3 is 0 Å². The fourth-order valence-corrected chi connectivity index (χ4v) is 5.28. The fourth-order valence-electron chi connectivity index (χ4n) is 5.28. The summed E-state index contributed by atoms with van der Waals surface area (Å²) < 4.78 is 0. The van der Waals surface area contributed by atoms with E-state index in [1.165, 1.54) is 0 Å². The number of aromatic hydroxyl groups is 1. The minimum Gasteiger partial charge on any atom is -0.508 e. The number of carbonyl (C=O) groups excluding carboxylic acids is 3. The summed E-state index contributed by atoms with van der Waals surface area (Å²) in [5.74, 6) is -0.547. The van der Waals surface area contributed by atoms with Crippen molar-refractivity contribution in [3.8, 4) is 17.0 Å². The number of phenolic OH excluding ortho intramolecular Hbond substituents is 1. The summed E-state index contributed by atoms with van der Waals surface area (Å²) in [4.78, 5) is 42.7. The zero-order chi connectivity index (χ0) is 33.1. The van der Waals surface area contributed by atoms with Gasteiger partial charge in [0, 0.05) is 42.0 Å². The van der Waals surface area contributed by atoms with E-state index in [0.717, 1.165) is 22.4 Å². The average molecular weight is 622 g/mol. The van der Waals surface area contributed by atoms with Gasteiger partial charge in [-0.2, -0.15) is 0 Å². The molecule has 2 atom stereocenters. The lowest BCUT2D eigenvalue weighted by molar-refractivity contribution is -0.132. The molecule has 1 heterocycles. The summed E-state index contributed by atoms with van der Waals surface area (Å²) in [6.45, 7) is 8.19. The molecule has 4 N–H and O–H groups in total. The molecule has 0 spiro atoms. The summed E-state index contributed by atoms with van der Waals surface area (Å²) in [6.07, 6.45) is 3.38. The quantitative estimate of drug-likeness (QED) is 0.114. The van der Waals surface area contributed by atoms with Gasteiger partial charge in [0.1, 0.15) is 11.8 Å². The number of hydrogen-bond acceptors (Lipinski definition) is 6. The molecule has 46 heavy (non-hydrogen) atoms. The highest BCUT2D eigenvalue weighted by atomic mass is 16.3. The topological polar surface area (TPSA) is 124 Å². The minimum absolute atomic E-state index is 0.0625. The lowest BCUT2D eigenvalue weighted by atomic mass is 9.86. The zero-order valence-corrected chi connectivity index (χ0v) is 26.9. The summed E-state index contributed by atoms with van der Waals surface area (Å²) in [5, 5.41) is 17.8. The van der Waals surface area contributed by atoms with Crippen LogP contribution in [0.3, 0.4) is 0 Å². The number of nitrogens with one attached hydrogen (secondary N) is 3. The molecule has 9 nitrogen and oxygen atoms in total. The van der Waals surface area contributed by atoms with Crippen molar-refractivity contribution in [1.82, 2.24) is 26.1 Å². The first-order valence-corrected chi connectivity index (χ1v) is 15.4. The van der Waals surface area contributed by atoms with Gasteiger partial charge in [0.25, 0.3) is 11.8 Å². The van der Waals surface area contributed by atoms with Gasteiger partial charge in [-0.1, -0.05) is 87.5 Å². The highest BCUT2D eigenvalue weighted by molar-refractivity contribution is 5.96. The van der Waals surface area contributed by atoms with E-state index in [1.807, 2.05) is 98.6 Å². The van der Waals surface area contributed by atoms with Crippen LogP contribution in [0.2, 0.25) is 0 Å². The molecule has 4 rings (SSSR count). The van der Waals surface area contributed by atoms with Crippen molar-refractivity contribution in [1.29, 1.82) is 0 Å². The number of hydrazine groups is 1. The van der Waals surface area contributed by atoms with Crippen LogP contribution < -0.4 is 16.1 Å². The van der Waals surface area contributed by atoms with Crippen molar-refractivity contribution in [3.05, 3.63) is 119 Å². The Kier molecular flexibility index (Phi) is 11.6. The van der Waals surface area contributed by atoms with Gasteiger partial charge in [-0.3, -0.25) is 24.8 Å². The Hall–Kier alpha value is -5.02. The molecule has 0 aliphatic heterocycles. The predicted molar refractivity (Wildman–Crippen MR) is 180 cm³/mol. The number of pyridine rings is 1. The van der Waals surface area contributed by atoms with Gasteiger partial charge in [0.2, 0.25) is 6.41 Å². The number of rotatable bonds is 14. The summed E-state index contributed by atoms with van der Waals surface area (Å²) in [5.41, 5.74) is 7.31. The van der Waals surface area contributed by atoms with Gasteiger partial charge in [0.05, 0.1) is 5.69 Å². The van der Waals surface area contributed by atoms with Crippen LogP contribution in [0.5, 0.6) is 5.75 Å². The molecule has 3 amide bonds. The molecule has 1 unspecified atom stereocenters. The number of phenols is 1.